The molecule has 3 atom stereocenters. The summed E-state index contributed by atoms with van der Waals surface area (Å²) in [4.78, 5) is 41.3. The zero-order valence-electron chi connectivity index (χ0n) is 18.4. The lowest BCUT2D eigenvalue weighted by Gasteiger charge is -2.43. The van der Waals surface area contributed by atoms with Gasteiger partial charge in [0, 0.05) is 19.0 Å². The van der Waals surface area contributed by atoms with Gasteiger partial charge in [-0.2, -0.15) is 0 Å². The number of amides is 2. The molecule has 1 aliphatic carbocycles. The number of carbonyl (C=O) groups is 3. The second-order valence-electron chi connectivity index (χ2n) is 10.4. The van der Waals surface area contributed by atoms with Crippen LogP contribution in [0.3, 0.4) is 0 Å². The number of ether oxygens (including phenoxy) is 2. The highest BCUT2D eigenvalue weighted by Gasteiger charge is 2.73. The maximum absolute atomic E-state index is 13.3. The van der Waals surface area contributed by atoms with Gasteiger partial charge in [-0.3, -0.25) is 9.59 Å². The first-order valence-corrected chi connectivity index (χ1v) is 10.4. The van der Waals surface area contributed by atoms with E-state index >= 15 is 0 Å². The van der Waals surface area contributed by atoms with Crippen molar-refractivity contribution in [2.45, 2.75) is 65.6 Å². The monoisotopic (exact) mass is 410 g/mol. The number of β-amino-alcohol motifs (C(OH)–C–C–N with tert-alkyl or cyclic N) is 1. The van der Waals surface area contributed by atoms with Gasteiger partial charge in [0.1, 0.15) is 11.2 Å². The fourth-order valence-electron chi connectivity index (χ4n) is 4.84. The van der Waals surface area contributed by atoms with Gasteiger partial charge in [-0.1, -0.05) is 0 Å². The highest BCUT2D eigenvalue weighted by molar-refractivity contribution is 5.89. The molecule has 0 aromatic heterocycles. The van der Waals surface area contributed by atoms with Crippen molar-refractivity contribution in [3.8, 4) is 0 Å². The highest BCUT2D eigenvalue weighted by Crippen LogP contribution is 2.65. The second kappa shape index (κ2) is 6.86. The SMILES string of the molecule is CCOC(=O)C(C)(C)CN1C[C@]2(O)CN(C(=O)OC(C)(C)C)CC[C@@]3(CC23)C1=O. The minimum Gasteiger partial charge on any atom is -0.466 e. The normalized spacial score (nSPS) is 31.7. The first kappa shape index (κ1) is 21.9. The van der Waals surface area contributed by atoms with Gasteiger partial charge in [-0.25, -0.2) is 4.79 Å². The number of piperidine rings is 1. The van der Waals surface area contributed by atoms with Crippen LogP contribution < -0.4 is 0 Å². The van der Waals surface area contributed by atoms with E-state index in [0.29, 0.717) is 19.4 Å². The Kier molecular flexibility index (Phi) is 5.17. The smallest absolute Gasteiger partial charge is 0.410 e. The molecule has 0 aromatic carbocycles. The van der Waals surface area contributed by atoms with Gasteiger partial charge < -0.3 is 24.4 Å². The first-order chi connectivity index (χ1) is 13.2. The number of rotatable bonds is 4. The fourth-order valence-corrected chi connectivity index (χ4v) is 4.84. The molecule has 2 heterocycles. The Morgan fingerprint density at radius 2 is 1.86 bits per heavy atom. The molecule has 3 rings (SSSR count). The first-order valence-electron chi connectivity index (χ1n) is 10.4. The lowest BCUT2D eigenvalue weighted by atomic mass is 9.82. The Morgan fingerprint density at radius 3 is 2.45 bits per heavy atom. The molecule has 2 bridgehead atoms. The number of aliphatic hydroxyl groups is 1. The van der Waals surface area contributed by atoms with Crippen LogP contribution in [-0.2, 0) is 19.1 Å². The van der Waals surface area contributed by atoms with Crippen molar-refractivity contribution in [3.05, 3.63) is 0 Å². The molecule has 0 aromatic rings. The van der Waals surface area contributed by atoms with Crippen LogP contribution >= 0.6 is 0 Å². The summed E-state index contributed by atoms with van der Waals surface area (Å²) in [7, 11) is 0. The Morgan fingerprint density at radius 1 is 1.21 bits per heavy atom. The maximum atomic E-state index is 13.3. The summed E-state index contributed by atoms with van der Waals surface area (Å²) in [5.74, 6) is -0.555. The van der Waals surface area contributed by atoms with Gasteiger partial charge in [-0.05, 0) is 54.4 Å². The van der Waals surface area contributed by atoms with Crippen LogP contribution in [0.1, 0.15) is 54.4 Å². The van der Waals surface area contributed by atoms with Crippen molar-refractivity contribution in [3.63, 3.8) is 0 Å². The van der Waals surface area contributed by atoms with E-state index in [1.54, 1.807) is 46.4 Å². The number of carbonyl (C=O) groups excluding carboxylic acids is 3. The Labute approximate surface area is 172 Å². The zero-order chi connectivity index (χ0) is 21.8. The molecule has 1 unspecified atom stereocenters. The molecule has 0 radical (unpaired) electrons. The quantitative estimate of drug-likeness (QED) is 0.710. The number of likely N-dealkylation sites (tertiary alicyclic amines) is 2. The van der Waals surface area contributed by atoms with Crippen LogP contribution in [0, 0.1) is 16.7 Å². The summed E-state index contributed by atoms with van der Waals surface area (Å²) in [6.07, 6.45) is 0.648. The number of nitrogens with zero attached hydrogens (tertiary/aromatic N) is 2. The van der Waals surface area contributed by atoms with Crippen molar-refractivity contribution in [1.29, 1.82) is 0 Å². The fraction of sp³-hybridized carbons (Fsp3) is 0.857. The summed E-state index contributed by atoms with van der Waals surface area (Å²) in [5.41, 5.74) is -3.36. The second-order valence-corrected chi connectivity index (χ2v) is 10.4. The van der Waals surface area contributed by atoms with Gasteiger partial charge in [0.2, 0.25) is 5.91 Å². The minimum atomic E-state index is -1.20. The third-order valence-corrected chi connectivity index (χ3v) is 6.26. The molecule has 2 amide bonds. The number of hydrogen-bond donors (Lipinski definition) is 1. The van der Waals surface area contributed by atoms with E-state index in [9.17, 15) is 19.5 Å². The molecule has 1 N–H and O–H groups in total. The van der Waals surface area contributed by atoms with Crippen LogP contribution in [0.25, 0.3) is 0 Å². The van der Waals surface area contributed by atoms with Gasteiger partial charge in [-0.15, -0.1) is 0 Å². The zero-order valence-corrected chi connectivity index (χ0v) is 18.4. The van der Waals surface area contributed by atoms with Crippen LogP contribution in [0.15, 0.2) is 0 Å². The molecule has 8 nitrogen and oxygen atoms in total. The summed E-state index contributed by atoms with van der Waals surface area (Å²) < 4.78 is 10.6. The molecule has 8 heteroatoms. The van der Waals surface area contributed by atoms with Gasteiger partial charge in [0.25, 0.3) is 0 Å². The average Bonchev–Trinajstić information content (AvgIpc) is 3.32. The van der Waals surface area contributed by atoms with E-state index in [2.05, 4.69) is 0 Å². The van der Waals surface area contributed by atoms with E-state index in [1.165, 1.54) is 4.90 Å². The molecule has 0 spiro atoms. The lowest BCUT2D eigenvalue weighted by molar-refractivity contribution is -0.161. The topological polar surface area (TPSA) is 96.4 Å². The lowest BCUT2D eigenvalue weighted by Crippen LogP contribution is -2.60. The molecule has 29 heavy (non-hydrogen) atoms. The summed E-state index contributed by atoms with van der Waals surface area (Å²) in [5, 5.41) is 11.5. The standard InChI is InChI=1S/C21H34N2O6/c1-7-28-16(25)19(5,6)11-23-13-21(27)12-22(17(26)29-18(2,3)4)9-8-20(15(23)24)10-14(20)21/h14,27H,7-13H2,1-6H3/t14?,20-,21+/m0/s1. The summed E-state index contributed by atoms with van der Waals surface area (Å²) in [6, 6.07) is 0. The van der Waals surface area contributed by atoms with Gasteiger partial charge >= 0.3 is 12.1 Å². The van der Waals surface area contributed by atoms with Gasteiger partial charge in [0.05, 0.1) is 30.5 Å². The maximum Gasteiger partial charge on any atom is 0.410 e. The molecular formula is C21H34N2O6. The van der Waals surface area contributed by atoms with Crippen LogP contribution in [0.5, 0.6) is 0 Å². The van der Waals surface area contributed by atoms with Gasteiger partial charge in [0.15, 0.2) is 0 Å². The van der Waals surface area contributed by atoms with E-state index < -0.39 is 28.1 Å². The number of esters is 1. The molecule has 2 aliphatic heterocycles. The molecular weight excluding hydrogens is 376 g/mol. The minimum absolute atomic E-state index is 0.0319. The predicted molar refractivity (Wildman–Crippen MR) is 105 cm³/mol. The molecule has 3 fully saturated rings. The van der Waals surface area contributed by atoms with E-state index in [4.69, 9.17) is 9.47 Å². The molecule has 1 saturated carbocycles. The van der Waals surface area contributed by atoms with Crippen LogP contribution in [-0.4, -0.2) is 76.9 Å². The van der Waals surface area contributed by atoms with Crippen LogP contribution in [0.4, 0.5) is 4.79 Å². The van der Waals surface area contributed by atoms with Crippen molar-refractivity contribution in [2.75, 3.05) is 32.8 Å². The number of hydrogen-bond acceptors (Lipinski definition) is 6. The Bertz CT molecular complexity index is 714. The third kappa shape index (κ3) is 3.96. The highest BCUT2D eigenvalue weighted by atomic mass is 16.6. The van der Waals surface area contributed by atoms with E-state index in [0.717, 1.165) is 0 Å². The third-order valence-electron chi connectivity index (χ3n) is 6.26. The predicted octanol–water partition coefficient (Wildman–Crippen LogP) is 1.80. The summed E-state index contributed by atoms with van der Waals surface area (Å²) >= 11 is 0. The van der Waals surface area contributed by atoms with Crippen molar-refractivity contribution in [2.24, 2.45) is 16.7 Å². The van der Waals surface area contributed by atoms with Crippen molar-refractivity contribution in [1.82, 2.24) is 9.80 Å². The largest absolute Gasteiger partial charge is 0.466 e. The van der Waals surface area contributed by atoms with Crippen molar-refractivity contribution < 1.29 is 29.0 Å². The van der Waals surface area contributed by atoms with Crippen LogP contribution in [0.2, 0.25) is 0 Å². The molecule has 3 aliphatic rings. The summed E-state index contributed by atoms with van der Waals surface area (Å²) in [6.45, 7) is 11.7. The molecule has 2 saturated heterocycles. The van der Waals surface area contributed by atoms with E-state index in [-0.39, 0.29) is 44.0 Å². The molecule has 164 valence electrons. The van der Waals surface area contributed by atoms with E-state index in [1.807, 2.05) is 0 Å². The van der Waals surface area contributed by atoms with Crippen molar-refractivity contribution >= 4 is 18.0 Å². The average molecular weight is 411 g/mol. The Hall–Kier alpha value is -1.83. The Balaban J connectivity index is 1.80.